The van der Waals surface area contributed by atoms with Gasteiger partial charge in [-0.05, 0) is 23.8 Å². The first-order chi connectivity index (χ1) is 6.72. The molecule has 0 bridgehead atoms. The van der Waals surface area contributed by atoms with Crippen LogP contribution < -0.4 is 5.32 Å². The SMILES string of the molecule is CC(C)CNCC(=CC(C)(C)C)C(C)C. The van der Waals surface area contributed by atoms with E-state index in [0.717, 1.165) is 19.0 Å². The zero-order valence-electron chi connectivity index (χ0n) is 11.6. The highest BCUT2D eigenvalue weighted by molar-refractivity contribution is 5.11. The van der Waals surface area contributed by atoms with Gasteiger partial charge in [0.15, 0.2) is 0 Å². The number of hydrogen-bond donors (Lipinski definition) is 1. The van der Waals surface area contributed by atoms with Crippen molar-refractivity contribution in [3.8, 4) is 0 Å². The monoisotopic (exact) mass is 211 g/mol. The van der Waals surface area contributed by atoms with Gasteiger partial charge in [-0.3, -0.25) is 0 Å². The van der Waals surface area contributed by atoms with Crippen molar-refractivity contribution in [2.24, 2.45) is 17.3 Å². The fraction of sp³-hybridized carbons (Fsp3) is 0.857. The summed E-state index contributed by atoms with van der Waals surface area (Å²) < 4.78 is 0. The molecule has 0 aromatic rings. The third kappa shape index (κ3) is 8.68. The van der Waals surface area contributed by atoms with Crippen molar-refractivity contribution in [1.29, 1.82) is 0 Å². The van der Waals surface area contributed by atoms with Gasteiger partial charge in [-0.15, -0.1) is 0 Å². The third-order valence-electron chi connectivity index (χ3n) is 2.24. The Morgan fingerprint density at radius 1 is 1.13 bits per heavy atom. The molecule has 0 heterocycles. The van der Waals surface area contributed by atoms with Gasteiger partial charge in [0.2, 0.25) is 0 Å². The molecule has 1 nitrogen and oxygen atoms in total. The van der Waals surface area contributed by atoms with Gasteiger partial charge in [0.25, 0.3) is 0 Å². The van der Waals surface area contributed by atoms with E-state index in [1.807, 2.05) is 0 Å². The Morgan fingerprint density at radius 3 is 2.00 bits per heavy atom. The largest absolute Gasteiger partial charge is 0.313 e. The zero-order valence-corrected chi connectivity index (χ0v) is 11.6. The second-order valence-corrected chi connectivity index (χ2v) is 6.26. The van der Waals surface area contributed by atoms with Crippen LogP contribution in [-0.2, 0) is 0 Å². The van der Waals surface area contributed by atoms with E-state index in [1.54, 1.807) is 0 Å². The summed E-state index contributed by atoms with van der Waals surface area (Å²) in [4.78, 5) is 0. The lowest BCUT2D eigenvalue weighted by atomic mass is 9.89. The summed E-state index contributed by atoms with van der Waals surface area (Å²) in [5.41, 5.74) is 1.82. The molecule has 0 aliphatic rings. The van der Waals surface area contributed by atoms with Crippen LogP contribution in [0.15, 0.2) is 11.6 Å². The van der Waals surface area contributed by atoms with Crippen molar-refractivity contribution in [3.63, 3.8) is 0 Å². The van der Waals surface area contributed by atoms with E-state index in [2.05, 4.69) is 59.9 Å². The Kier molecular flexibility index (Phi) is 6.19. The van der Waals surface area contributed by atoms with Crippen molar-refractivity contribution < 1.29 is 0 Å². The van der Waals surface area contributed by atoms with Crippen LogP contribution in [0.3, 0.4) is 0 Å². The maximum atomic E-state index is 3.52. The Hall–Kier alpha value is -0.300. The molecule has 90 valence electrons. The van der Waals surface area contributed by atoms with Crippen LogP contribution >= 0.6 is 0 Å². The summed E-state index contributed by atoms with van der Waals surface area (Å²) in [6, 6.07) is 0. The predicted octanol–water partition coefficient (Wildman–Crippen LogP) is 3.86. The van der Waals surface area contributed by atoms with Crippen LogP contribution in [0.1, 0.15) is 48.5 Å². The van der Waals surface area contributed by atoms with E-state index in [9.17, 15) is 0 Å². The minimum atomic E-state index is 0.291. The molecule has 0 saturated carbocycles. The summed E-state index contributed by atoms with van der Waals surface area (Å²) in [6.07, 6.45) is 2.41. The maximum Gasteiger partial charge on any atom is 0.0167 e. The first-order valence-electron chi connectivity index (χ1n) is 6.14. The van der Waals surface area contributed by atoms with Gasteiger partial charge < -0.3 is 5.32 Å². The molecule has 0 radical (unpaired) electrons. The number of allylic oxidation sites excluding steroid dienone is 1. The quantitative estimate of drug-likeness (QED) is 0.681. The fourth-order valence-corrected chi connectivity index (χ4v) is 1.48. The third-order valence-corrected chi connectivity index (χ3v) is 2.24. The summed E-state index contributed by atoms with van der Waals surface area (Å²) in [6.45, 7) is 18.0. The molecule has 0 fully saturated rings. The molecule has 0 aliphatic heterocycles. The number of hydrogen-bond acceptors (Lipinski definition) is 1. The van der Waals surface area contributed by atoms with Gasteiger partial charge in [-0.1, -0.05) is 60.1 Å². The van der Waals surface area contributed by atoms with E-state index in [0.29, 0.717) is 11.3 Å². The Morgan fingerprint density at radius 2 is 1.67 bits per heavy atom. The Balaban J connectivity index is 4.24. The van der Waals surface area contributed by atoms with E-state index in [4.69, 9.17) is 0 Å². The van der Waals surface area contributed by atoms with Crippen molar-refractivity contribution in [1.82, 2.24) is 5.32 Å². The lowest BCUT2D eigenvalue weighted by Gasteiger charge is -2.20. The lowest BCUT2D eigenvalue weighted by Crippen LogP contribution is -2.24. The van der Waals surface area contributed by atoms with Crippen LogP contribution in [-0.4, -0.2) is 13.1 Å². The number of nitrogens with one attached hydrogen (secondary N) is 1. The average molecular weight is 211 g/mol. The highest BCUT2D eigenvalue weighted by Crippen LogP contribution is 2.21. The molecule has 0 aliphatic carbocycles. The molecule has 0 saturated heterocycles. The summed E-state index contributed by atoms with van der Waals surface area (Å²) >= 11 is 0. The molecule has 1 heteroatoms. The average Bonchev–Trinajstić information content (AvgIpc) is 1.99. The van der Waals surface area contributed by atoms with Gasteiger partial charge in [0, 0.05) is 6.54 Å². The number of rotatable bonds is 5. The van der Waals surface area contributed by atoms with Crippen molar-refractivity contribution in [2.45, 2.75) is 48.5 Å². The summed E-state index contributed by atoms with van der Waals surface area (Å²) in [7, 11) is 0. The maximum absolute atomic E-state index is 3.52. The molecule has 0 amide bonds. The smallest absolute Gasteiger partial charge is 0.0167 e. The van der Waals surface area contributed by atoms with Crippen molar-refractivity contribution >= 4 is 0 Å². The standard InChI is InChI=1S/C14H29N/c1-11(2)9-15-10-13(12(3)4)8-14(5,6)7/h8,11-12,15H,9-10H2,1-7H3. The molecule has 0 unspecified atom stereocenters. The molecule has 0 spiro atoms. The molecule has 1 N–H and O–H groups in total. The Labute approximate surface area is 96.3 Å². The van der Waals surface area contributed by atoms with Crippen LogP contribution in [0, 0.1) is 17.3 Å². The van der Waals surface area contributed by atoms with E-state index < -0.39 is 0 Å². The highest BCUT2D eigenvalue weighted by atomic mass is 14.9. The minimum Gasteiger partial charge on any atom is -0.313 e. The van der Waals surface area contributed by atoms with Crippen LogP contribution in [0.4, 0.5) is 0 Å². The van der Waals surface area contributed by atoms with E-state index in [-0.39, 0.29) is 0 Å². The topological polar surface area (TPSA) is 12.0 Å². The highest BCUT2D eigenvalue weighted by Gasteiger charge is 2.10. The molecule has 15 heavy (non-hydrogen) atoms. The van der Waals surface area contributed by atoms with Crippen LogP contribution in [0.2, 0.25) is 0 Å². The van der Waals surface area contributed by atoms with Crippen LogP contribution in [0.5, 0.6) is 0 Å². The molecule has 0 aromatic carbocycles. The Bertz CT molecular complexity index is 194. The molecule has 0 aromatic heterocycles. The lowest BCUT2D eigenvalue weighted by molar-refractivity contribution is 0.515. The first kappa shape index (κ1) is 14.7. The molecule has 0 rings (SSSR count). The van der Waals surface area contributed by atoms with E-state index in [1.165, 1.54) is 5.57 Å². The second-order valence-electron chi connectivity index (χ2n) is 6.26. The first-order valence-corrected chi connectivity index (χ1v) is 6.14. The van der Waals surface area contributed by atoms with Crippen LogP contribution in [0.25, 0.3) is 0 Å². The van der Waals surface area contributed by atoms with Gasteiger partial charge in [0.05, 0.1) is 0 Å². The molecular weight excluding hydrogens is 182 g/mol. The molecular formula is C14H29N. The zero-order chi connectivity index (χ0) is 12.1. The fourth-order valence-electron chi connectivity index (χ4n) is 1.48. The summed E-state index contributed by atoms with van der Waals surface area (Å²) in [5, 5.41) is 3.52. The summed E-state index contributed by atoms with van der Waals surface area (Å²) in [5.74, 6) is 1.37. The van der Waals surface area contributed by atoms with Crippen molar-refractivity contribution in [2.75, 3.05) is 13.1 Å². The van der Waals surface area contributed by atoms with Gasteiger partial charge in [0.1, 0.15) is 0 Å². The molecule has 0 atom stereocenters. The van der Waals surface area contributed by atoms with E-state index >= 15 is 0 Å². The normalized spacial score (nSPS) is 14.1. The van der Waals surface area contributed by atoms with Gasteiger partial charge in [-0.2, -0.15) is 0 Å². The van der Waals surface area contributed by atoms with Gasteiger partial charge in [-0.25, -0.2) is 0 Å². The van der Waals surface area contributed by atoms with Gasteiger partial charge >= 0.3 is 0 Å². The van der Waals surface area contributed by atoms with Crippen molar-refractivity contribution in [3.05, 3.63) is 11.6 Å². The minimum absolute atomic E-state index is 0.291. The second kappa shape index (κ2) is 6.32. The predicted molar refractivity (Wildman–Crippen MR) is 70.1 cm³/mol.